The number of hydrogen-bond donors (Lipinski definition) is 1. The first-order valence-electron chi connectivity index (χ1n) is 5.61. The molecule has 0 aromatic heterocycles. The normalized spacial score (nSPS) is 13.7. The summed E-state index contributed by atoms with van der Waals surface area (Å²) in [5.74, 6) is -0.771. The van der Waals surface area contributed by atoms with Crippen LogP contribution in [0.4, 0.5) is 0 Å². The average molecular weight is 268 g/mol. The predicted octanol–water partition coefficient (Wildman–Crippen LogP) is 2.01. The van der Waals surface area contributed by atoms with Crippen molar-refractivity contribution in [2.24, 2.45) is 0 Å². The molecule has 1 aromatic carbocycles. The maximum Gasteiger partial charge on any atom is 0.338 e. The number of thioether (sulfide) groups is 1. The number of esters is 1. The van der Waals surface area contributed by atoms with E-state index in [4.69, 9.17) is 4.74 Å². The molecule has 1 aromatic rings. The minimum Gasteiger partial charge on any atom is -0.464 e. The molecule has 1 unspecified atom stereocenters. The van der Waals surface area contributed by atoms with E-state index in [2.05, 4.69) is 0 Å². The third-order valence-corrected chi connectivity index (χ3v) is 3.06. The summed E-state index contributed by atoms with van der Waals surface area (Å²) in [6.45, 7) is 3.11. The molecule has 5 heteroatoms. The standard InChI is InChI=1S/C13H16O4S/c1-3-17-12(15)13(2,16)9-11(14)18-10-7-5-4-6-8-10/h4-8,16H,3,9H2,1-2H3. The predicted molar refractivity (Wildman–Crippen MR) is 69.2 cm³/mol. The van der Waals surface area contributed by atoms with Crippen LogP contribution in [-0.2, 0) is 14.3 Å². The monoisotopic (exact) mass is 268 g/mol. The fourth-order valence-corrected chi connectivity index (χ4v) is 2.21. The molecule has 0 aliphatic rings. The molecule has 1 rings (SSSR count). The molecule has 1 atom stereocenters. The Morgan fingerprint density at radius 3 is 2.50 bits per heavy atom. The van der Waals surface area contributed by atoms with Crippen molar-refractivity contribution in [2.45, 2.75) is 30.8 Å². The molecule has 4 nitrogen and oxygen atoms in total. The molecule has 0 bridgehead atoms. The highest BCUT2D eigenvalue weighted by atomic mass is 32.2. The summed E-state index contributed by atoms with van der Waals surface area (Å²) in [4.78, 5) is 23.9. The van der Waals surface area contributed by atoms with Gasteiger partial charge in [-0.15, -0.1) is 0 Å². The third-order valence-electron chi connectivity index (χ3n) is 2.18. The quantitative estimate of drug-likeness (QED) is 0.653. The minimum atomic E-state index is -1.77. The Hall–Kier alpha value is -1.33. The Morgan fingerprint density at radius 1 is 1.33 bits per heavy atom. The van der Waals surface area contributed by atoms with Gasteiger partial charge in [-0.25, -0.2) is 4.79 Å². The number of carbonyl (C=O) groups is 2. The lowest BCUT2D eigenvalue weighted by atomic mass is 10.0. The number of ether oxygens (including phenoxy) is 1. The summed E-state index contributed by atoms with van der Waals surface area (Å²) < 4.78 is 4.71. The van der Waals surface area contributed by atoms with Crippen LogP contribution in [-0.4, -0.2) is 28.4 Å². The zero-order chi connectivity index (χ0) is 13.6. The van der Waals surface area contributed by atoms with Gasteiger partial charge in [-0.2, -0.15) is 0 Å². The van der Waals surface area contributed by atoms with E-state index in [9.17, 15) is 14.7 Å². The van der Waals surface area contributed by atoms with Crippen molar-refractivity contribution in [1.82, 2.24) is 0 Å². The van der Waals surface area contributed by atoms with Gasteiger partial charge in [-0.05, 0) is 26.0 Å². The number of rotatable bonds is 5. The van der Waals surface area contributed by atoms with Crippen molar-refractivity contribution < 1.29 is 19.4 Å². The van der Waals surface area contributed by atoms with Crippen molar-refractivity contribution >= 4 is 22.8 Å². The van der Waals surface area contributed by atoms with Crippen LogP contribution in [0.5, 0.6) is 0 Å². The van der Waals surface area contributed by atoms with Crippen molar-refractivity contribution in [3.05, 3.63) is 30.3 Å². The molecule has 98 valence electrons. The summed E-state index contributed by atoms with van der Waals surface area (Å²) >= 11 is 0.999. The highest BCUT2D eigenvalue weighted by molar-refractivity contribution is 8.13. The van der Waals surface area contributed by atoms with Gasteiger partial charge in [0.05, 0.1) is 13.0 Å². The fraction of sp³-hybridized carbons (Fsp3) is 0.385. The molecule has 0 saturated heterocycles. The molecular formula is C13H16O4S. The van der Waals surface area contributed by atoms with Gasteiger partial charge in [0.25, 0.3) is 0 Å². The summed E-state index contributed by atoms with van der Waals surface area (Å²) in [6.07, 6.45) is -0.272. The topological polar surface area (TPSA) is 63.6 Å². The second-order valence-electron chi connectivity index (χ2n) is 3.96. The third kappa shape index (κ3) is 4.50. The Labute approximate surface area is 110 Å². The smallest absolute Gasteiger partial charge is 0.338 e. The largest absolute Gasteiger partial charge is 0.464 e. The Kier molecular flexibility index (Phi) is 5.37. The second-order valence-corrected chi connectivity index (χ2v) is 5.09. The van der Waals surface area contributed by atoms with Gasteiger partial charge in [0.1, 0.15) is 0 Å². The number of carbonyl (C=O) groups excluding carboxylic acids is 2. The Morgan fingerprint density at radius 2 is 1.94 bits per heavy atom. The fourth-order valence-electron chi connectivity index (χ4n) is 1.30. The number of hydrogen-bond acceptors (Lipinski definition) is 5. The molecule has 0 aliphatic carbocycles. The SMILES string of the molecule is CCOC(=O)C(C)(O)CC(=O)Sc1ccccc1. The van der Waals surface area contributed by atoms with E-state index in [0.717, 1.165) is 16.7 Å². The molecule has 0 heterocycles. The van der Waals surface area contributed by atoms with Crippen LogP contribution in [0.3, 0.4) is 0 Å². The Bertz CT molecular complexity index is 414. The molecule has 0 saturated carbocycles. The molecule has 0 amide bonds. The average Bonchev–Trinajstić information content (AvgIpc) is 2.29. The van der Waals surface area contributed by atoms with Gasteiger partial charge < -0.3 is 9.84 Å². The van der Waals surface area contributed by atoms with Crippen molar-refractivity contribution in [1.29, 1.82) is 0 Å². The van der Waals surface area contributed by atoms with Crippen LogP contribution in [0.25, 0.3) is 0 Å². The van der Waals surface area contributed by atoms with Gasteiger partial charge in [-0.3, -0.25) is 4.79 Å². The Balaban J connectivity index is 2.56. The van der Waals surface area contributed by atoms with Crippen LogP contribution in [0, 0.1) is 0 Å². The highest BCUT2D eigenvalue weighted by Crippen LogP contribution is 2.23. The summed E-state index contributed by atoms with van der Waals surface area (Å²) in [6, 6.07) is 9.07. The van der Waals surface area contributed by atoms with Crippen molar-refractivity contribution in [2.75, 3.05) is 6.61 Å². The zero-order valence-corrected chi connectivity index (χ0v) is 11.2. The van der Waals surface area contributed by atoms with Crippen LogP contribution >= 0.6 is 11.8 Å². The van der Waals surface area contributed by atoms with Crippen LogP contribution in [0.15, 0.2) is 35.2 Å². The van der Waals surface area contributed by atoms with Crippen molar-refractivity contribution in [3.8, 4) is 0 Å². The van der Waals surface area contributed by atoms with Gasteiger partial charge in [0.2, 0.25) is 0 Å². The lowest BCUT2D eigenvalue weighted by Gasteiger charge is -2.19. The van der Waals surface area contributed by atoms with E-state index >= 15 is 0 Å². The van der Waals surface area contributed by atoms with Gasteiger partial charge in [0, 0.05) is 4.90 Å². The van der Waals surface area contributed by atoms with Gasteiger partial charge in [-0.1, -0.05) is 30.0 Å². The van der Waals surface area contributed by atoms with Gasteiger partial charge >= 0.3 is 5.97 Å². The van der Waals surface area contributed by atoms with Crippen LogP contribution in [0.1, 0.15) is 20.3 Å². The summed E-state index contributed by atoms with van der Waals surface area (Å²) in [5, 5.41) is 9.58. The number of benzene rings is 1. The molecular weight excluding hydrogens is 252 g/mol. The van der Waals surface area contributed by atoms with E-state index < -0.39 is 11.6 Å². The molecule has 0 aliphatic heterocycles. The summed E-state index contributed by atoms with van der Waals surface area (Å²) in [5.41, 5.74) is -1.77. The van der Waals surface area contributed by atoms with Crippen molar-refractivity contribution in [3.63, 3.8) is 0 Å². The van der Waals surface area contributed by atoms with E-state index in [0.29, 0.717) is 0 Å². The first kappa shape index (κ1) is 14.7. The van der Waals surface area contributed by atoms with E-state index in [1.165, 1.54) is 6.92 Å². The second kappa shape index (κ2) is 6.56. The lowest BCUT2D eigenvalue weighted by molar-refractivity contribution is -0.164. The number of aliphatic hydroxyl groups is 1. The van der Waals surface area contributed by atoms with Crippen LogP contribution in [0.2, 0.25) is 0 Å². The molecule has 0 spiro atoms. The lowest BCUT2D eigenvalue weighted by Crippen LogP contribution is -2.38. The molecule has 0 fully saturated rings. The van der Waals surface area contributed by atoms with Crippen LogP contribution < -0.4 is 0 Å². The first-order valence-corrected chi connectivity index (χ1v) is 6.42. The maximum absolute atomic E-state index is 11.7. The molecule has 0 radical (unpaired) electrons. The zero-order valence-electron chi connectivity index (χ0n) is 10.4. The maximum atomic E-state index is 11.7. The minimum absolute atomic E-state index is 0.176. The van der Waals surface area contributed by atoms with Gasteiger partial charge in [0.15, 0.2) is 10.7 Å². The van der Waals surface area contributed by atoms with E-state index in [1.807, 2.05) is 18.2 Å². The summed E-state index contributed by atoms with van der Waals surface area (Å²) in [7, 11) is 0. The molecule has 1 N–H and O–H groups in total. The first-order chi connectivity index (χ1) is 8.45. The van der Waals surface area contributed by atoms with E-state index in [-0.39, 0.29) is 18.1 Å². The highest BCUT2D eigenvalue weighted by Gasteiger charge is 2.34. The van der Waals surface area contributed by atoms with E-state index in [1.54, 1.807) is 19.1 Å². The molecule has 18 heavy (non-hydrogen) atoms.